The Kier molecular flexibility index (Phi) is 4.72. The molecule has 4 nitrogen and oxygen atoms in total. The van der Waals surface area contributed by atoms with E-state index in [4.69, 9.17) is 9.98 Å². The number of hydrogen-bond donors (Lipinski definition) is 1. The molecule has 0 radical (unpaired) electrons. The van der Waals surface area contributed by atoms with Crippen molar-refractivity contribution in [3.05, 3.63) is 132 Å². The van der Waals surface area contributed by atoms with E-state index in [1.165, 1.54) is 36.5 Å². The minimum absolute atomic E-state index is 0.347. The monoisotopic (exact) mass is 506 g/mol. The molecule has 180 valence electrons. The Labute approximate surface area is 223 Å². The van der Waals surface area contributed by atoms with Gasteiger partial charge < -0.3 is 5.32 Å². The highest BCUT2D eigenvalue weighted by atomic mass is 32.1. The Morgan fingerprint density at radius 1 is 0.605 bits per heavy atom. The van der Waals surface area contributed by atoms with Crippen molar-refractivity contribution < 1.29 is 0 Å². The van der Waals surface area contributed by atoms with Gasteiger partial charge in [-0.1, -0.05) is 109 Å². The van der Waals surface area contributed by atoms with Gasteiger partial charge >= 0.3 is 0 Å². The minimum atomic E-state index is -0.347. The van der Waals surface area contributed by atoms with Crippen molar-refractivity contribution >= 4 is 65.1 Å². The number of amidine groups is 1. The SMILES string of the molecule is c1ccc(C2=NC(c3ccccc3)N=C(n3c4ccccc4c4ccc5c6ccccc6sc5c43)N2)cc1. The molecular formula is C33H22N4S. The van der Waals surface area contributed by atoms with Gasteiger partial charge in [-0.2, -0.15) is 0 Å². The first-order valence-electron chi connectivity index (χ1n) is 12.7. The van der Waals surface area contributed by atoms with E-state index in [0.717, 1.165) is 28.4 Å². The van der Waals surface area contributed by atoms with E-state index in [1.807, 2.05) is 47.7 Å². The Morgan fingerprint density at radius 2 is 1.29 bits per heavy atom. The Hall–Kier alpha value is -4.74. The van der Waals surface area contributed by atoms with Crippen LogP contribution in [0, 0.1) is 0 Å². The van der Waals surface area contributed by atoms with Gasteiger partial charge in [0.15, 0.2) is 6.17 Å². The molecule has 0 bridgehead atoms. The maximum absolute atomic E-state index is 5.22. The molecule has 0 aliphatic carbocycles. The summed E-state index contributed by atoms with van der Waals surface area (Å²) in [6.45, 7) is 0. The van der Waals surface area contributed by atoms with Crippen LogP contribution < -0.4 is 5.32 Å². The highest BCUT2D eigenvalue weighted by molar-refractivity contribution is 7.26. The summed E-state index contributed by atoms with van der Waals surface area (Å²) in [7, 11) is 0. The van der Waals surface area contributed by atoms with E-state index in [0.29, 0.717) is 0 Å². The highest BCUT2D eigenvalue weighted by Crippen LogP contribution is 2.42. The summed E-state index contributed by atoms with van der Waals surface area (Å²) in [5.74, 6) is 1.60. The topological polar surface area (TPSA) is 41.7 Å². The molecule has 8 rings (SSSR count). The minimum Gasteiger partial charge on any atom is -0.310 e. The van der Waals surface area contributed by atoms with Gasteiger partial charge in [-0.3, -0.25) is 4.57 Å². The normalized spacial score (nSPS) is 15.6. The Morgan fingerprint density at radius 3 is 2.13 bits per heavy atom. The first-order chi connectivity index (χ1) is 18.8. The molecule has 0 saturated carbocycles. The zero-order valence-corrected chi connectivity index (χ0v) is 21.2. The number of thiophene rings is 1. The lowest BCUT2D eigenvalue weighted by Gasteiger charge is -2.23. The molecule has 5 aromatic carbocycles. The van der Waals surface area contributed by atoms with E-state index in [1.54, 1.807) is 0 Å². The number of nitrogens with zero attached hydrogens (tertiary/aromatic N) is 3. The zero-order chi connectivity index (χ0) is 25.1. The van der Waals surface area contributed by atoms with Crippen LogP contribution in [0.25, 0.3) is 42.0 Å². The number of para-hydroxylation sites is 1. The average Bonchev–Trinajstić information content (AvgIpc) is 3.54. The molecule has 2 aromatic heterocycles. The number of benzene rings is 5. The van der Waals surface area contributed by atoms with Crippen LogP contribution in [0.1, 0.15) is 17.3 Å². The van der Waals surface area contributed by atoms with Gasteiger partial charge in [-0.05, 0) is 17.7 Å². The quantitative estimate of drug-likeness (QED) is 0.253. The van der Waals surface area contributed by atoms with Crippen LogP contribution in [-0.2, 0) is 0 Å². The average molecular weight is 507 g/mol. The third-order valence-electron chi connectivity index (χ3n) is 7.26. The van der Waals surface area contributed by atoms with Gasteiger partial charge in [0.1, 0.15) is 5.84 Å². The molecular weight excluding hydrogens is 484 g/mol. The lowest BCUT2D eigenvalue weighted by molar-refractivity contribution is 0.745. The number of rotatable bonds is 2. The number of nitrogens with one attached hydrogen (secondary N) is 1. The molecule has 1 aliphatic heterocycles. The summed E-state index contributed by atoms with van der Waals surface area (Å²) in [4.78, 5) is 10.3. The van der Waals surface area contributed by atoms with Gasteiger partial charge in [0.2, 0.25) is 5.96 Å². The lowest BCUT2D eigenvalue weighted by atomic mass is 10.1. The van der Waals surface area contributed by atoms with Crippen LogP contribution in [0.2, 0.25) is 0 Å². The number of fused-ring (bicyclic) bond motifs is 7. The van der Waals surface area contributed by atoms with Gasteiger partial charge in [-0.25, -0.2) is 9.98 Å². The predicted octanol–water partition coefficient (Wildman–Crippen LogP) is 8.12. The van der Waals surface area contributed by atoms with E-state index >= 15 is 0 Å². The van der Waals surface area contributed by atoms with Crippen molar-refractivity contribution in [3.8, 4) is 0 Å². The second-order valence-corrected chi connectivity index (χ2v) is 10.5. The van der Waals surface area contributed by atoms with Crippen LogP contribution in [0.15, 0.2) is 131 Å². The van der Waals surface area contributed by atoms with Crippen molar-refractivity contribution in [2.45, 2.75) is 6.17 Å². The van der Waals surface area contributed by atoms with Gasteiger partial charge in [0, 0.05) is 31.8 Å². The van der Waals surface area contributed by atoms with E-state index in [9.17, 15) is 0 Å². The molecule has 1 unspecified atom stereocenters. The van der Waals surface area contributed by atoms with Crippen LogP contribution in [0.5, 0.6) is 0 Å². The molecule has 1 N–H and O–H groups in total. The van der Waals surface area contributed by atoms with Gasteiger partial charge in [-0.15, -0.1) is 11.3 Å². The second kappa shape index (κ2) is 8.40. The van der Waals surface area contributed by atoms with Gasteiger partial charge in [0.25, 0.3) is 0 Å². The molecule has 7 aromatic rings. The maximum atomic E-state index is 5.22. The smallest absolute Gasteiger partial charge is 0.211 e. The predicted molar refractivity (Wildman–Crippen MR) is 160 cm³/mol. The fourth-order valence-electron chi connectivity index (χ4n) is 5.52. The van der Waals surface area contributed by atoms with Crippen molar-refractivity contribution in [3.63, 3.8) is 0 Å². The van der Waals surface area contributed by atoms with Crippen molar-refractivity contribution in [1.82, 2.24) is 9.88 Å². The summed E-state index contributed by atoms with van der Waals surface area (Å²) in [5.41, 5.74) is 4.40. The summed E-state index contributed by atoms with van der Waals surface area (Å²) in [6.07, 6.45) is -0.347. The van der Waals surface area contributed by atoms with Crippen LogP contribution in [0.3, 0.4) is 0 Å². The summed E-state index contributed by atoms with van der Waals surface area (Å²) >= 11 is 1.85. The number of aliphatic imine (C=N–C) groups is 2. The van der Waals surface area contributed by atoms with Crippen LogP contribution >= 0.6 is 11.3 Å². The van der Waals surface area contributed by atoms with Gasteiger partial charge in [0.05, 0.1) is 15.7 Å². The van der Waals surface area contributed by atoms with Crippen LogP contribution in [-0.4, -0.2) is 16.4 Å². The number of hydrogen-bond acceptors (Lipinski definition) is 4. The van der Waals surface area contributed by atoms with Crippen molar-refractivity contribution in [1.29, 1.82) is 0 Å². The molecule has 0 spiro atoms. The van der Waals surface area contributed by atoms with Crippen molar-refractivity contribution in [2.24, 2.45) is 9.98 Å². The summed E-state index contributed by atoms with van der Waals surface area (Å²) in [5, 5.41) is 8.63. The van der Waals surface area contributed by atoms with E-state index < -0.39 is 0 Å². The summed E-state index contributed by atoms with van der Waals surface area (Å²) in [6, 6.07) is 42.4. The summed E-state index contributed by atoms with van der Waals surface area (Å²) < 4.78 is 4.86. The molecule has 38 heavy (non-hydrogen) atoms. The second-order valence-electron chi connectivity index (χ2n) is 9.49. The first-order valence-corrected chi connectivity index (χ1v) is 13.5. The Bertz CT molecular complexity index is 2050. The number of aromatic nitrogens is 1. The molecule has 5 heteroatoms. The zero-order valence-electron chi connectivity index (χ0n) is 20.4. The van der Waals surface area contributed by atoms with E-state index in [2.05, 4.69) is 94.8 Å². The third-order valence-corrected chi connectivity index (χ3v) is 8.46. The fraction of sp³-hybridized carbons (Fsp3) is 0.0303. The molecule has 0 fully saturated rings. The standard InChI is InChI=1S/C33H22N4S/c1-3-11-21(12-4-1)31-34-32(22-13-5-2-6-14-22)36-33(35-31)37-27-17-9-7-15-23(27)25-19-20-26-24-16-8-10-18-28(24)38-30(26)29(25)37/h1-20,31H,(H,34,35,36). The molecule has 0 saturated heterocycles. The molecule has 3 heterocycles. The molecule has 1 atom stereocenters. The third kappa shape index (κ3) is 3.22. The lowest BCUT2D eigenvalue weighted by Crippen LogP contribution is -2.39. The van der Waals surface area contributed by atoms with Crippen molar-refractivity contribution in [2.75, 3.05) is 0 Å². The van der Waals surface area contributed by atoms with E-state index in [-0.39, 0.29) is 6.17 Å². The Balaban J connectivity index is 1.45. The molecule has 1 aliphatic rings. The van der Waals surface area contributed by atoms with Crippen LogP contribution in [0.4, 0.5) is 0 Å². The molecule has 0 amide bonds. The largest absolute Gasteiger partial charge is 0.310 e. The maximum Gasteiger partial charge on any atom is 0.211 e. The first kappa shape index (κ1) is 21.4. The fourth-order valence-corrected chi connectivity index (χ4v) is 6.76. The highest BCUT2D eigenvalue weighted by Gasteiger charge is 2.25.